The maximum Gasteiger partial charge on any atom is 0.266 e. The molecule has 0 atom stereocenters. The van der Waals surface area contributed by atoms with E-state index >= 15 is 0 Å². The molecule has 20 heavy (non-hydrogen) atoms. The second-order valence-corrected chi connectivity index (χ2v) is 5.29. The van der Waals surface area contributed by atoms with Crippen molar-refractivity contribution in [1.82, 2.24) is 4.98 Å². The summed E-state index contributed by atoms with van der Waals surface area (Å²) in [4.78, 5) is 17.8. The second-order valence-electron chi connectivity index (χ2n) is 4.37. The Morgan fingerprint density at radius 3 is 2.85 bits per heavy atom. The van der Waals surface area contributed by atoms with Gasteiger partial charge in [0.05, 0.1) is 6.54 Å². The molecule has 0 saturated carbocycles. The number of pyridine rings is 1. The molecule has 4 nitrogen and oxygen atoms in total. The zero-order valence-corrected chi connectivity index (χ0v) is 11.9. The molecule has 1 amide bonds. The van der Waals surface area contributed by atoms with Gasteiger partial charge in [-0.15, -0.1) is 0 Å². The number of benzene rings is 1. The lowest BCUT2D eigenvalue weighted by molar-refractivity contribution is -0.121. The Balaban J connectivity index is 1.93. The Morgan fingerprint density at radius 1 is 1.35 bits per heavy atom. The van der Waals surface area contributed by atoms with Crippen LogP contribution in [0, 0.1) is 5.82 Å². The number of carbonyl (C=O) groups excluding carboxylic acids is 1. The number of rotatable bonds is 2. The fourth-order valence-corrected chi connectivity index (χ4v) is 2.30. The molecule has 1 aliphatic rings. The molecular weight excluding hydrogens is 327 g/mol. The van der Waals surface area contributed by atoms with Crippen LogP contribution in [0.25, 0.3) is 0 Å². The summed E-state index contributed by atoms with van der Waals surface area (Å²) in [6.45, 7) is 0.316. The average Bonchev–Trinajstić information content (AvgIpc) is 2.44. The number of aromatic nitrogens is 1. The highest BCUT2D eigenvalue weighted by Crippen LogP contribution is 2.32. The summed E-state index contributed by atoms with van der Waals surface area (Å²) in [5.41, 5.74) is 0.831. The van der Waals surface area contributed by atoms with E-state index in [0.29, 0.717) is 18.1 Å². The minimum Gasteiger partial charge on any atom is -0.480 e. The van der Waals surface area contributed by atoms with Gasteiger partial charge in [0.25, 0.3) is 5.91 Å². The standard InChI is InChI=1S/C14H10BrFN2O2/c15-10-5-12-14(17-6-10)18(13(19)8-20-12)7-9-1-3-11(16)4-2-9/h1-6H,7-8H2. The Bertz CT molecular complexity index is 661. The zero-order chi connectivity index (χ0) is 14.1. The van der Waals surface area contributed by atoms with E-state index in [9.17, 15) is 9.18 Å². The predicted octanol–water partition coefficient (Wildman–Crippen LogP) is 2.91. The quantitative estimate of drug-likeness (QED) is 0.846. The lowest BCUT2D eigenvalue weighted by Gasteiger charge is -2.28. The number of nitrogens with zero attached hydrogens (tertiary/aromatic N) is 2. The highest BCUT2D eigenvalue weighted by atomic mass is 79.9. The minimum absolute atomic E-state index is 0.0215. The minimum atomic E-state index is -0.301. The van der Waals surface area contributed by atoms with E-state index in [1.807, 2.05) is 0 Å². The Kier molecular flexibility index (Phi) is 3.40. The van der Waals surface area contributed by atoms with E-state index in [4.69, 9.17) is 4.74 Å². The first-order valence-corrected chi connectivity index (χ1v) is 6.76. The molecule has 3 rings (SSSR count). The van der Waals surface area contributed by atoms with Crippen LogP contribution in [0.2, 0.25) is 0 Å². The summed E-state index contributed by atoms with van der Waals surface area (Å²) in [6.07, 6.45) is 1.61. The van der Waals surface area contributed by atoms with Gasteiger partial charge in [-0.3, -0.25) is 9.69 Å². The van der Waals surface area contributed by atoms with Gasteiger partial charge < -0.3 is 4.74 Å². The molecule has 0 radical (unpaired) electrons. The van der Waals surface area contributed by atoms with Gasteiger partial charge in [-0.25, -0.2) is 9.37 Å². The van der Waals surface area contributed by atoms with Gasteiger partial charge in [0.1, 0.15) is 5.82 Å². The van der Waals surface area contributed by atoms with Gasteiger partial charge in [0.15, 0.2) is 18.2 Å². The average molecular weight is 337 g/mol. The molecule has 0 N–H and O–H groups in total. The third-order valence-corrected chi connectivity index (χ3v) is 3.40. The van der Waals surface area contributed by atoms with Crippen molar-refractivity contribution in [2.45, 2.75) is 6.54 Å². The fourth-order valence-electron chi connectivity index (χ4n) is 1.99. The maximum atomic E-state index is 12.9. The van der Waals surface area contributed by atoms with Crippen LogP contribution in [0.15, 0.2) is 41.0 Å². The molecule has 2 heterocycles. The molecule has 102 valence electrons. The molecule has 0 spiro atoms. The molecular formula is C14H10BrFN2O2. The molecule has 1 aliphatic heterocycles. The number of anilines is 1. The lowest BCUT2D eigenvalue weighted by Crippen LogP contribution is -2.38. The molecule has 6 heteroatoms. The zero-order valence-electron chi connectivity index (χ0n) is 10.3. The third kappa shape index (κ3) is 2.51. The Labute approximate surface area is 123 Å². The number of halogens is 2. The third-order valence-electron chi connectivity index (χ3n) is 2.96. The first-order chi connectivity index (χ1) is 9.63. The van der Waals surface area contributed by atoms with E-state index in [0.717, 1.165) is 10.0 Å². The van der Waals surface area contributed by atoms with Crippen LogP contribution in [0.5, 0.6) is 5.75 Å². The first-order valence-electron chi connectivity index (χ1n) is 5.96. The van der Waals surface area contributed by atoms with Gasteiger partial charge in [0.2, 0.25) is 0 Å². The molecule has 0 unspecified atom stereocenters. The van der Waals surface area contributed by atoms with Crippen molar-refractivity contribution in [3.8, 4) is 5.75 Å². The van der Waals surface area contributed by atoms with Crippen LogP contribution in [-0.2, 0) is 11.3 Å². The van der Waals surface area contributed by atoms with Crippen molar-refractivity contribution >= 4 is 27.7 Å². The summed E-state index contributed by atoms with van der Waals surface area (Å²) >= 11 is 3.31. The van der Waals surface area contributed by atoms with Gasteiger partial charge in [-0.2, -0.15) is 0 Å². The van der Waals surface area contributed by atoms with Crippen LogP contribution in [0.3, 0.4) is 0 Å². The molecule has 0 fully saturated rings. The van der Waals surface area contributed by atoms with Crippen LogP contribution >= 0.6 is 15.9 Å². The number of ether oxygens (including phenoxy) is 1. The number of hydrogen-bond acceptors (Lipinski definition) is 3. The van der Waals surface area contributed by atoms with Gasteiger partial charge in [0, 0.05) is 10.7 Å². The number of carbonyl (C=O) groups is 1. The molecule has 0 bridgehead atoms. The van der Waals surface area contributed by atoms with Gasteiger partial charge >= 0.3 is 0 Å². The van der Waals surface area contributed by atoms with Gasteiger partial charge in [-0.05, 0) is 39.7 Å². The van der Waals surface area contributed by atoms with E-state index in [2.05, 4.69) is 20.9 Å². The summed E-state index contributed by atoms with van der Waals surface area (Å²) < 4.78 is 19.1. The van der Waals surface area contributed by atoms with E-state index in [-0.39, 0.29) is 18.3 Å². The molecule has 2 aromatic rings. The predicted molar refractivity (Wildman–Crippen MR) is 75.0 cm³/mol. The maximum absolute atomic E-state index is 12.9. The topological polar surface area (TPSA) is 42.4 Å². The lowest BCUT2D eigenvalue weighted by atomic mass is 10.2. The van der Waals surface area contributed by atoms with Crippen LogP contribution in [0.4, 0.5) is 10.2 Å². The summed E-state index contributed by atoms with van der Waals surface area (Å²) in [5.74, 6) is 0.566. The van der Waals surface area contributed by atoms with Crippen LogP contribution in [-0.4, -0.2) is 17.5 Å². The van der Waals surface area contributed by atoms with Crippen LogP contribution in [0.1, 0.15) is 5.56 Å². The highest BCUT2D eigenvalue weighted by Gasteiger charge is 2.27. The molecule has 0 saturated heterocycles. The largest absolute Gasteiger partial charge is 0.480 e. The van der Waals surface area contributed by atoms with Crippen LogP contribution < -0.4 is 9.64 Å². The fraction of sp³-hybridized carbons (Fsp3) is 0.143. The summed E-state index contributed by atoms with van der Waals surface area (Å²) in [6, 6.07) is 7.81. The van der Waals surface area contributed by atoms with Crippen molar-refractivity contribution in [2.24, 2.45) is 0 Å². The summed E-state index contributed by atoms with van der Waals surface area (Å²) in [5, 5.41) is 0. The van der Waals surface area contributed by atoms with Crippen molar-refractivity contribution in [1.29, 1.82) is 0 Å². The summed E-state index contributed by atoms with van der Waals surface area (Å²) in [7, 11) is 0. The Hall–Kier alpha value is -1.95. The molecule has 1 aromatic heterocycles. The Morgan fingerprint density at radius 2 is 2.10 bits per heavy atom. The SMILES string of the molecule is O=C1COc2cc(Br)cnc2N1Cc1ccc(F)cc1. The molecule has 1 aromatic carbocycles. The second kappa shape index (κ2) is 5.20. The number of amides is 1. The number of fused-ring (bicyclic) bond motifs is 1. The number of hydrogen-bond donors (Lipinski definition) is 0. The van der Waals surface area contributed by atoms with Crippen molar-refractivity contribution < 1.29 is 13.9 Å². The highest BCUT2D eigenvalue weighted by molar-refractivity contribution is 9.10. The van der Waals surface area contributed by atoms with E-state index in [1.54, 1.807) is 29.3 Å². The molecule has 0 aliphatic carbocycles. The first kappa shape index (κ1) is 13.1. The van der Waals surface area contributed by atoms with Gasteiger partial charge in [-0.1, -0.05) is 12.1 Å². The smallest absolute Gasteiger partial charge is 0.266 e. The van der Waals surface area contributed by atoms with Crippen molar-refractivity contribution in [2.75, 3.05) is 11.5 Å². The van der Waals surface area contributed by atoms with Crippen molar-refractivity contribution in [3.05, 3.63) is 52.4 Å². The monoisotopic (exact) mass is 336 g/mol. The van der Waals surface area contributed by atoms with Crippen molar-refractivity contribution in [3.63, 3.8) is 0 Å². The normalized spacial score (nSPS) is 13.9. The van der Waals surface area contributed by atoms with E-state index < -0.39 is 0 Å². The van der Waals surface area contributed by atoms with E-state index in [1.165, 1.54) is 12.1 Å².